The molecular weight excluding hydrogens is 400 g/mol. The van der Waals surface area contributed by atoms with Crippen molar-refractivity contribution in [3.8, 4) is 5.75 Å². The van der Waals surface area contributed by atoms with Crippen LogP contribution >= 0.6 is 0 Å². The van der Waals surface area contributed by atoms with Crippen molar-refractivity contribution in [2.45, 2.75) is 38.0 Å². The monoisotopic (exact) mass is 432 g/mol. The van der Waals surface area contributed by atoms with Crippen LogP contribution < -0.4 is 9.64 Å². The lowest BCUT2D eigenvalue weighted by molar-refractivity contribution is -0.132. The van der Waals surface area contributed by atoms with Crippen LogP contribution in [0.15, 0.2) is 48.8 Å². The van der Waals surface area contributed by atoms with Crippen LogP contribution in [0.1, 0.15) is 43.6 Å². The number of aromatic nitrogens is 2. The lowest BCUT2D eigenvalue weighted by Gasteiger charge is -2.36. The van der Waals surface area contributed by atoms with Crippen molar-refractivity contribution in [1.29, 1.82) is 0 Å². The standard InChI is InChI=1S/C26H32N4O2/c1-32-21-9-10-24-22(17-21)23(18-28-24)20-7-5-19(6-8-20)16-26(31)30-14-12-29(13-15-30)25-4-2-3-11-27-25/h2-4,9-11,17-20,28H,5-8,12-16H2,1H3. The number of pyridine rings is 1. The molecule has 2 aliphatic rings. The van der Waals surface area contributed by atoms with E-state index in [-0.39, 0.29) is 0 Å². The van der Waals surface area contributed by atoms with Gasteiger partial charge in [0.25, 0.3) is 0 Å². The summed E-state index contributed by atoms with van der Waals surface area (Å²) in [5.74, 6) is 3.30. The maximum Gasteiger partial charge on any atom is 0.222 e. The minimum Gasteiger partial charge on any atom is -0.497 e. The molecule has 32 heavy (non-hydrogen) atoms. The van der Waals surface area contributed by atoms with Crippen molar-refractivity contribution in [3.63, 3.8) is 0 Å². The molecule has 0 atom stereocenters. The predicted octanol–water partition coefficient (Wildman–Crippen LogP) is 4.58. The quantitative estimate of drug-likeness (QED) is 0.641. The van der Waals surface area contributed by atoms with E-state index in [0.717, 1.165) is 63.4 Å². The van der Waals surface area contributed by atoms with Crippen LogP contribution in [0.2, 0.25) is 0 Å². The Morgan fingerprint density at radius 3 is 2.62 bits per heavy atom. The van der Waals surface area contributed by atoms with Crippen LogP contribution in [-0.4, -0.2) is 54.1 Å². The smallest absolute Gasteiger partial charge is 0.222 e. The van der Waals surface area contributed by atoms with E-state index in [1.54, 1.807) is 7.11 Å². The average Bonchev–Trinajstić information content (AvgIpc) is 3.28. The van der Waals surface area contributed by atoms with E-state index in [1.165, 1.54) is 16.5 Å². The molecule has 1 aromatic carbocycles. The molecule has 1 N–H and O–H groups in total. The third kappa shape index (κ3) is 4.31. The molecule has 3 heterocycles. The molecule has 0 radical (unpaired) electrons. The topological polar surface area (TPSA) is 61.5 Å². The summed E-state index contributed by atoms with van der Waals surface area (Å²) >= 11 is 0. The van der Waals surface area contributed by atoms with Gasteiger partial charge in [-0.3, -0.25) is 4.79 Å². The lowest BCUT2D eigenvalue weighted by Crippen LogP contribution is -2.49. The molecule has 168 valence electrons. The van der Waals surface area contributed by atoms with Gasteiger partial charge in [0.2, 0.25) is 5.91 Å². The van der Waals surface area contributed by atoms with Crippen molar-refractivity contribution in [3.05, 3.63) is 54.4 Å². The number of nitrogens with one attached hydrogen (secondary N) is 1. The number of methoxy groups -OCH3 is 1. The van der Waals surface area contributed by atoms with Crippen molar-refractivity contribution in [1.82, 2.24) is 14.9 Å². The van der Waals surface area contributed by atoms with Crippen molar-refractivity contribution >= 4 is 22.6 Å². The molecule has 0 unspecified atom stereocenters. The summed E-state index contributed by atoms with van der Waals surface area (Å²) in [5.41, 5.74) is 2.57. The Morgan fingerprint density at radius 2 is 1.91 bits per heavy atom. The van der Waals surface area contributed by atoms with Crippen LogP contribution in [0.5, 0.6) is 5.75 Å². The number of hydrogen-bond acceptors (Lipinski definition) is 4. The zero-order valence-corrected chi connectivity index (χ0v) is 18.8. The Morgan fingerprint density at radius 1 is 1.09 bits per heavy atom. The van der Waals surface area contributed by atoms with Gasteiger partial charge in [-0.15, -0.1) is 0 Å². The average molecular weight is 433 g/mol. The van der Waals surface area contributed by atoms with Crippen LogP contribution in [-0.2, 0) is 4.79 Å². The summed E-state index contributed by atoms with van der Waals surface area (Å²) in [6.07, 6.45) is 9.24. The molecule has 0 spiro atoms. The van der Waals surface area contributed by atoms with E-state index < -0.39 is 0 Å². The third-order valence-electron chi connectivity index (χ3n) is 7.28. The second-order valence-electron chi connectivity index (χ2n) is 9.13. The van der Waals surface area contributed by atoms with Gasteiger partial charge < -0.3 is 19.5 Å². The van der Waals surface area contributed by atoms with E-state index in [9.17, 15) is 4.79 Å². The molecule has 2 fully saturated rings. The Kier molecular flexibility index (Phi) is 6.02. The number of ether oxygens (including phenoxy) is 1. The van der Waals surface area contributed by atoms with E-state index in [0.29, 0.717) is 24.2 Å². The molecule has 1 saturated heterocycles. The third-order valence-corrected chi connectivity index (χ3v) is 7.28. The van der Waals surface area contributed by atoms with Crippen LogP contribution in [0.3, 0.4) is 0 Å². The first kappa shape index (κ1) is 20.9. The highest BCUT2D eigenvalue weighted by atomic mass is 16.5. The van der Waals surface area contributed by atoms with Crippen molar-refractivity contribution in [2.75, 3.05) is 38.2 Å². The molecule has 1 aliphatic carbocycles. The number of carbonyl (C=O) groups excluding carboxylic acids is 1. The second-order valence-corrected chi connectivity index (χ2v) is 9.13. The van der Waals surface area contributed by atoms with Crippen molar-refractivity contribution < 1.29 is 9.53 Å². The number of amides is 1. The van der Waals surface area contributed by atoms with E-state index in [4.69, 9.17) is 4.74 Å². The molecule has 1 amide bonds. The van der Waals surface area contributed by atoms with Gasteiger partial charge in [-0.25, -0.2) is 4.98 Å². The van der Waals surface area contributed by atoms with Gasteiger partial charge >= 0.3 is 0 Å². The summed E-state index contributed by atoms with van der Waals surface area (Å²) in [4.78, 5) is 25.1. The highest BCUT2D eigenvalue weighted by Gasteiger charge is 2.28. The van der Waals surface area contributed by atoms with Crippen molar-refractivity contribution in [2.24, 2.45) is 5.92 Å². The first-order valence-electron chi connectivity index (χ1n) is 11.8. The zero-order valence-electron chi connectivity index (χ0n) is 18.8. The molecule has 1 saturated carbocycles. The second kappa shape index (κ2) is 9.23. The summed E-state index contributed by atoms with van der Waals surface area (Å²) in [6, 6.07) is 12.2. The normalized spacial score (nSPS) is 21.7. The van der Waals surface area contributed by atoms with Gasteiger partial charge in [0.05, 0.1) is 7.11 Å². The summed E-state index contributed by atoms with van der Waals surface area (Å²) in [6.45, 7) is 3.31. The van der Waals surface area contributed by atoms with E-state index >= 15 is 0 Å². The summed E-state index contributed by atoms with van der Waals surface area (Å²) in [7, 11) is 1.72. The first-order valence-corrected chi connectivity index (χ1v) is 11.8. The highest BCUT2D eigenvalue weighted by Crippen LogP contribution is 2.40. The SMILES string of the molecule is COc1ccc2[nH]cc(C3CCC(CC(=O)N4CCN(c5ccccn5)CC4)CC3)c2c1. The number of fused-ring (bicyclic) bond motifs is 1. The van der Waals surface area contributed by atoms with Gasteiger partial charge in [-0.1, -0.05) is 6.07 Å². The number of nitrogens with zero attached hydrogens (tertiary/aromatic N) is 3. The Hall–Kier alpha value is -3.02. The number of H-pyrrole nitrogens is 1. The first-order chi connectivity index (χ1) is 15.7. The van der Waals surface area contributed by atoms with Gasteiger partial charge in [-0.05, 0) is 73.4 Å². The fourth-order valence-corrected chi connectivity index (χ4v) is 5.37. The Balaban J connectivity index is 1.13. The van der Waals surface area contributed by atoms with E-state index in [1.807, 2.05) is 30.5 Å². The van der Waals surface area contributed by atoms with Gasteiger partial charge in [-0.2, -0.15) is 0 Å². The zero-order chi connectivity index (χ0) is 21.9. The van der Waals surface area contributed by atoms with Gasteiger partial charge in [0.1, 0.15) is 11.6 Å². The number of piperazine rings is 1. The van der Waals surface area contributed by atoms with Crippen LogP contribution in [0, 0.1) is 5.92 Å². The number of benzene rings is 1. The highest BCUT2D eigenvalue weighted by molar-refractivity contribution is 5.85. The van der Waals surface area contributed by atoms with Crippen LogP contribution in [0.25, 0.3) is 10.9 Å². The lowest BCUT2D eigenvalue weighted by atomic mass is 9.77. The fourth-order valence-electron chi connectivity index (χ4n) is 5.37. The number of hydrogen-bond donors (Lipinski definition) is 1. The Labute approximate surface area is 189 Å². The van der Waals surface area contributed by atoms with Gasteiger partial charge in [0.15, 0.2) is 0 Å². The molecule has 3 aromatic rings. The van der Waals surface area contributed by atoms with E-state index in [2.05, 4.69) is 38.1 Å². The molecule has 5 rings (SSSR count). The predicted molar refractivity (Wildman–Crippen MR) is 127 cm³/mol. The number of aromatic amines is 1. The molecule has 1 aliphatic heterocycles. The Bertz CT molecular complexity index is 1050. The molecular formula is C26H32N4O2. The number of anilines is 1. The maximum absolute atomic E-state index is 12.9. The minimum atomic E-state index is 0.325. The number of carbonyl (C=O) groups is 1. The largest absolute Gasteiger partial charge is 0.497 e. The van der Waals surface area contributed by atoms with Crippen LogP contribution in [0.4, 0.5) is 5.82 Å². The maximum atomic E-state index is 12.9. The molecule has 2 aromatic heterocycles. The summed E-state index contributed by atoms with van der Waals surface area (Å²) < 4.78 is 5.42. The summed E-state index contributed by atoms with van der Waals surface area (Å²) in [5, 5.41) is 1.27. The molecule has 6 heteroatoms. The number of rotatable bonds is 5. The molecule has 0 bridgehead atoms. The fraction of sp³-hybridized carbons (Fsp3) is 0.462. The molecule has 6 nitrogen and oxygen atoms in total. The van der Waals surface area contributed by atoms with Gasteiger partial charge in [0, 0.05) is 55.9 Å². The minimum absolute atomic E-state index is 0.325.